The van der Waals surface area contributed by atoms with Crippen LogP contribution in [0.4, 0.5) is 13.6 Å². The Morgan fingerprint density at radius 3 is 2.67 bits per heavy atom. The van der Waals surface area contributed by atoms with Crippen molar-refractivity contribution in [1.29, 1.82) is 0 Å². The minimum atomic E-state index is -0.939. The van der Waals surface area contributed by atoms with Gasteiger partial charge in [0.15, 0.2) is 0 Å². The van der Waals surface area contributed by atoms with Crippen molar-refractivity contribution in [3.63, 3.8) is 0 Å². The molecule has 1 saturated heterocycles. The second-order valence-electron chi connectivity index (χ2n) is 7.72. The number of aryl methyl sites for hydroxylation is 1. The van der Waals surface area contributed by atoms with E-state index in [9.17, 15) is 9.59 Å². The number of carbonyl (C=O) groups excluding carboxylic acids is 2. The van der Waals surface area contributed by atoms with Gasteiger partial charge in [-0.1, -0.05) is 0 Å². The highest BCUT2D eigenvalue weighted by Crippen LogP contribution is 2.37. The average molecular weight is 459 g/mol. The SMILES string of the molecule is CNC(=O)c1cc(F)c(-c2oc3nc(C)ccc3c2C[C@H]2CN(C(=O)OC)CCO2)c(F)c1. The molecule has 8 nitrogen and oxygen atoms in total. The third kappa shape index (κ3) is 4.38. The monoisotopic (exact) mass is 459 g/mol. The number of morpholine rings is 1. The summed E-state index contributed by atoms with van der Waals surface area (Å²) in [5, 5.41) is 2.93. The molecule has 1 atom stereocenters. The van der Waals surface area contributed by atoms with Crippen molar-refractivity contribution in [3.8, 4) is 11.3 Å². The maximum atomic E-state index is 15.1. The van der Waals surface area contributed by atoms with Crippen LogP contribution >= 0.6 is 0 Å². The van der Waals surface area contributed by atoms with E-state index in [1.54, 1.807) is 19.1 Å². The van der Waals surface area contributed by atoms with Crippen LogP contribution in [0.25, 0.3) is 22.4 Å². The van der Waals surface area contributed by atoms with Gasteiger partial charge in [-0.2, -0.15) is 0 Å². The summed E-state index contributed by atoms with van der Waals surface area (Å²) in [5.74, 6) is -2.52. The summed E-state index contributed by atoms with van der Waals surface area (Å²) in [4.78, 5) is 29.7. The smallest absolute Gasteiger partial charge is 0.409 e. The van der Waals surface area contributed by atoms with Gasteiger partial charge in [0.1, 0.15) is 17.4 Å². The fourth-order valence-electron chi connectivity index (χ4n) is 3.96. The summed E-state index contributed by atoms with van der Waals surface area (Å²) < 4.78 is 46.6. The topological polar surface area (TPSA) is 93.9 Å². The van der Waals surface area contributed by atoms with Crippen LogP contribution in [0.1, 0.15) is 21.6 Å². The molecule has 0 aliphatic carbocycles. The summed E-state index contributed by atoms with van der Waals surface area (Å²) in [5.41, 5.74) is 0.867. The lowest BCUT2D eigenvalue weighted by Gasteiger charge is -2.32. The molecule has 0 radical (unpaired) electrons. The van der Waals surface area contributed by atoms with E-state index < -0.39 is 35.3 Å². The van der Waals surface area contributed by atoms with Gasteiger partial charge in [-0.3, -0.25) is 4.79 Å². The molecule has 2 amide bonds. The number of hydrogen-bond acceptors (Lipinski definition) is 6. The molecule has 0 unspecified atom stereocenters. The summed E-state index contributed by atoms with van der Waals surface area (Å²) in [6, 6.07) is 5.47. The van der Waals surface area contributed by atoms with Gasteiger partial charge in [0.05, 0.1) is 31.9 Å². The van der Waals surface area contributed by atoms with Crippen LogP contribution in [0.5, 0.6) is 0 Å². The zero-order valence-electron chi connectivity index (χ0n) is 18.4. The number of pyridine rings is 1. The van der Waals surface area contributed by atoms with Crippen LogP contribution in [0.3, 0.4) is 0 Å². The molecule has 1 aromatic carbocycles. The number of methoxy groups -OCH3 is 1. The highest BCUT2D eigenvalue weighted by molar-refractivity contribution is 5.95. The highest BCUT2D eigenvalue weighted by Gasteiger charge is 2.30. The first-order valence-electron chi connectivity index (χ1n) is 10.4. The van der Waals surface area contributed by atoms with Gasteiger partial charge in [-0.15, -0.1) is 0 Å². The van der Waals surface area contributed by atoms with E-state index in [4.69, 9.17) is 13.9 Å². The van der Waals surface area contributed by atoms with Crippen molar-refractivity contribution in [3.05, 3.63) is 52.7 Å². The molecular formula is C23H23F2N3O5. The molecule has 10 heteroatoms. The summed E-state index contributed by atoms with van der Waals surface area (Å²) in [6.45, 7) is 2.71. The third-order valence-corrected chi connectivity index (χ3v) is 5.56. The third-order valence-electron chi connectivity index (χ3n) is 5.56. The van der Waals surface area contributed by atoms with Crippen LogP contribution in [0, 0.1) is 18.6 Å². The quantitative estimate of drug-likeness (QED) is 0.642. The number of rotatable bonds is 4. The molecule has 1 fully saturated rings. The van der Waals surface area contributed by atoms with E-state index in [1.807, 2.05) is 0 Å². The fraction of sp³-hybridized carbons (Fsp3) is 0.348. The Balaban J connectivity index is 1.79. The molecule has 3 aromatic rings. The Morgan fingerprint density at radius 2 is 2.00 bits per heavy atom. The van der Waals surface area contributed by atoms with E-state index in [0.717, 1.165) is 12.1 Å². The second kappa shape index (κ2) is 9.14. The Labute approximate surface area is 188 Å². The van der Waals surface area contributed by atoms with Crippen molar-refractivity contribution >= 4 is 23.1 Å². The number of aromatic nitrogens is 1. The molecule has 4 rings (SSSR count). The van der Waals surface area contributed by atoms with E-state index in [1.165, 1.54) is 19.1 Å². The normalized spacial score (nSPS) is 16.2. The number of nitrogens with one attached hydrogen (secondary N) is 1. The number of hydrogen-bond donors (Lipinski definition) is 1. The van der Waals surface area contributed by atoms with Crippen molar-refractivity contribution in [2.24, 2.45) is 0 Å². The molecule has 0 saturated carbocycles. The van der Waals surface area contributed by atoms with E-state index in [-0.39, 0.29) is 30.0 Å². The van der Waals surface area contributed by atoms with E-state index in [0.29, 0.717) is 29.8 Å². The number of ether oxygens (including phenoxy) is 2. The summed E-state index contributed by atoms with van der Waals surface area (Å²) >= 11 is 0. The van der Waals surface area contributed by atoms with Crippen LogP contribution in [-0.2, 0) is 15.9 Å². The van der Waals surface area contributed by atoms with Gasteiger partial charge in [0, 0.05) is 42.2 Å². The summed E-state index contributed by atoms with van der Waals surface area (Å²) in [7, 11) is 2.68. The van der Waals surface area contributed by atoms with Gasteiger partial charge in [-0.25, -0.2) is 18.6 Å². The lowest BCUT2D eigenvalue weighted by molar-refractivity contribution is -0.0235. The lowest BCUT2D eigenvalue weighted by Crippen LogP contribution is -2.46. The van der Waals surface area contributed by atoms with Crippen LogP contribution in [0.2, 0.25) is 0 Å². The molecule has 1 aliphatic rings. The second-order valence-corrected chi connectivity index (χ2v) is 7.72. The molecule has 33 heavy (non-hydrogen) atoms. The maximum Gasteiger partial charge on any atom is 0.409 e. The summed E-state index contributed by atoms with van der Waals surface area (Å²) in [6.07, 6.45) is -0.703. The van der Waals surface area contributed by atoms with Gasteiger partial charge in [0.2, 0.25) is 5.71 Å². The highest BCUT2D eigenvalue weighted by atomic mass is 19.1. The zero-order valence-corrected chi connectivity index (χ0v) is 18.4. The Kier molecular flexibility index (Phi) is 6.28. The van der Waals surface area contributed by atoms with Crippen LogP contribution < -0.4 is 5.32 Å². The predicted octanol–water partition coefficient (Wildman–Crippen LogP) is 3.45. The van der Waals surface area contributed by atoms with E-state index in [2.05, 4.69) is 10.3 Å². The molecule has 1 aliphatic heterocycles. The Morgan fingerprint density at radius 1 is 1.27 bits per heavy atom. The van der Waals surface area contributed by atoms with Crippen molar-refractivity contribution in [2.45, 2.75) is 19.4 Å². The standard InChI is InChI=1S/C23H23F2N3O5/c1-12-4-5-15-16(10-14-11-28(6-7-32-14)23(30)31-3)20(33-22(15)27-12)19-17(24)8-13(9-18(19)25)21(29)26-2/h4-5,8-9,14H,6-7,10-11H2,1-3H3,(H,26,29)/t14-/m0/s1. The molecule has 0 spiro atoms. The predicted molar refractivity (Wildman–Crippen MR) is 115 cm³/mol. The first-order valence-corrected chi connectivity index (χ1v) is 10.4. The molecule has 2 aromatic heterocycles. The first-order chi connectivity index (χ1) is 15.8. The van der Waals surface area contributed by atoms with Crippen molar-refractivity contribution in [2.75, 3.05) is 33.9 Å². The first kappa shape index (κ1) is 22.7. The fourth-order valence-corrected chi connectivity index (χ4v) is 3.96. The van der Waals surface area contributed by atoms with Crippen molar-refractivity contribution < 1.29 is 32.3 Å². The van der Waals surface area contributed by atoms with Gasteiger partial charge in [0.25, 0.3) is 5.91 Å². The number of fused-ring (bicyclic) bond motifs is 1. The zero-order chi connectivity index (χ0) is 23.7. The number of carbonyl (C=O) groups is 2. The molecule has 1 N–H and O–H groups in total. The van der Waals surface area contributed by atoms with E-state index >= 15 is 8.78 Å². The minimum Gasteiger partial charge on any atom is -0.453 e. The molecule has 3 heterocycles. The number of halogens is 2. The number of amides is 2. The minimum absolute atomic E-state index is 0.0275. The maximum absolute atomic E-state index is 15.1. The molecule has 174 valence electrons. The Hall–Kier alpha value is -3.53. The lowest BCUT2D eigenvalue weighted by atomic mass is 9.98. The number of benzene rings is 1. The van der Waals surface area contributed by atoms with Crippen LogP contribution in [-0.4, -0.2) is 61.8 Å². The Bertz CT molecular complexity index is 1200. The van der Waals surface area contributed by atoms with Gasteiger partial charge < -0.3 is 24.1 Å². The van der Waals surface area contributed by atoms with Crippen LogP contribution in [0.15, 0.2) is 28.7 Å². The number of furan rings is 1. The average Bonchev–Trinajstić information content (AvgIpc) is 3.14. The number of nitrogens with zero attached hydrogens (tertiary/aromatic N) is 2. The van der Waals surface area contributed by atoms with Gasteiger partial charge in [-0.05, 0) is 31.2 Å². The molecular weight excluding hydrogens is 436 g/mol. The largest absolute Gasteiger partial charge is 0.453 e. The van der Waals surface area contributed by atoms with Crippen molar-refractivity contribution in [1.82, 2.24) is 15.2 Å². The molecule has 0 bridgehead atoms. The van der Waals surface area contributed by atoms with Gasteiger partial charge >= 0.3 is 6.09 Å².